The molecule has 3 aromatic rings. The Bertz CT molecular complexity index is 940. The summed E-state index contributed by atoms with van der Waals surface area (Å²) in [7, 11) is 2.16. The first kappa shape index (κ1) is 16.5. The Kier molecular flexibility index (Phi) is 4.54. The van der Waals surface area contributed by atoms with E-state index < -0.39 is 0 Å². The summed E-state index contributed by atoms with van der Waals surface area (Å²) in [6.45, 7) is 7.91. The van der Waals surface area contributed by atoms with Crippen LogP contribution in [0.3, 0.4) is 0 Å². The number of quaternary nitrogens is 1. The third-order valence-electron chi connectivity index (χ3n) is 4.76. The zero-order valence-electron chi connectivity index (χ0n) is 14.8. The number of benzene rings is 2. The Morgan fingerprint density at radius 1 is 0.917 bits per heavy atom. The van der Waals surface area contributed by atoms with E-state index in [9.17, 15) is 4.79 Å². The molecule has 0 spiro atoms. The van der Waals surface area contributed by atoms with Gasteiger partial charge in [-0.3, -0.25) is 0 Å². The molecule has 3 nitrogen and oxygen atoms in total. The second-order valence-corrected chi connectivity index (χ2v) is 6.71. The highest BCUT2D eigenvalue weighted by molar-refractivity contribution is 5.83. The van der Waals surface area contributed by atoms with Gasteiger partial charge in [-0.05, 0) is 37.5 Å². The van der Waals surface area contributed by atoms with Crippen molar-refractivity contribution in [1.82, 2.24) is 0 Å². The van der Waals surface area contributed by atoms with Gasteiger partial charge in [0, 0.05) is 22.6 Å². The highest BCUT2D eigenvalue weighted by Crippen LogP contribution is 2.22. The van der Waals surface area contributed by atoms with Crippen molar-refractivity contribution in [3.63, 3.8) is 0 Å². The van der Waals surface area contributed by atoms with Crippen LogP contribution < -0.4 is 10.5 Å². The lowest BCUT2D eigenvalue weighted by atomic mass is 10.0. The summed E-state index contributed by atoms with van der Waals surface area (Å²) < 4.78 is 5.47. The quantitative estimate of drug-likeness (QED) is 0.750. The average Bonchev–Trinajstić information content (AvgIpc) is 2.53. The van der Waals surface area contributed by atoms with Crippen LogP contribution in [-0.2, 0) is 13.1 Å². The monoisotopic (exact) mass is 322 g/mol. The molecule has 0 aliphatic rings. The van der Waals surface area contributed by atoms with E-state index in [0.29, 0.717) is 0 Å². The molecular formula is C21H24NO2+. The van der Waals surface area contributed by atoms with E-state index in [1.807, 2.05) is 13.8 Å². The molecule has 1 heterocycles. The zero-order chi connectivity index (χ0) is 17.3. The van der Waals surface area contributed by atoms with Gasteiger partial charge in [0.2, 0.25) is 0 Å². The minimum atomic E-state index is -0.269. The smallest absolute Gasteiger partial charge is 0.336 e. The fourth-order valence-corrected chi connectivity index (χ4v) is 3.19. The van der Waals surface area contributed by atoms with Crippen LogP contribution in [0.2, 0.25) is 0 Å². The van der Waals surface area contributed by atoms with Gasteiger partial charge >= 0.3 is 5.63 Å². The van der Waals surface area contributed by atoms with Crippen molar-refractivity contribution in [3.8, 4) is 0 Å². The van der Waals surface area contributed by atoms with E-state index in [2.05, 4.69) is 50.4 Å². The highest BCUT2D eigenvalue weighted by atomic mass is 16.4. The molecule has 0 aliphatic carbocycles. The van der Waals surface area contributed by atoms with E-state index in [0.717, 1.165) is 40.7 Å². The molecule has 0 radical (unpaired) electrons. The fourth-order valence-electron chi connectivity index (χ4n) is 3.19. The van der Waals surface area contributed by atoms with E-state index in [1.165, 1.54) is 16.0 Å². The van der Waals surface area contributed by atoms with Crippen molar-refractivity contribution < 1.29 is 9.32 Å². The molecular weight excluding hydrogens is 298 g/mol. The Morgan fingerprint density at radius 3 is 2.38 bits per heavy atom. The zero-order valence-corrected chi connectivity index (χ0v) is 14.8. The van der Waals surface area contributed by atoms with Crippen molar-refractivity contribution in [2.75, 3.05) is 7.05 Å². The third kappa shape index (κ3) is 3.26. The van der Waals surface area contributed by atoms with E-state index >= 15 is 0 Å². The molecule has 3 heteroatoms. The Morgan fingerprint density at radius 2 is 1.62 bits per heavy atom. The summed E-state index contributed by atoms with van der Waals surface area (Å²) in [5.74, 6) is 0. The minimum Gasteiger partial charge on any atom is -0.422 e. The molecule has 1 aromatic heterocycles. The number of hydrogen-bond donors (Lipinski definition) is 1. The molecule has 1 unspecified atom stereocenters. The molecule has 2 aromatic carbocycles. The molecule has 0 saturated heterocycles. The van der Waals surface area contributed by atoms with Crippen molar-refractivity contribution in [2.45, 2.75) is 33.9 Å². The summed E-state index contributed by atoms with van der Waals surface area (Å²) in [4.78, 5) is 13.3. The molecule has 0 aliphatic heterocycles. The number of hydrogen-bond acceptors (Lipinski definition) is 2. The van der Waals surface area contributed by atoms with Gasteiger partial charge in [0.15, 0.2) is 0 Å². The van der Waals surface area contributed by atoms with Crippen LogP contribution >= 0.6 is 0 Å². The van der Waals surface area contributed by atoms with Gasteiger partial charge in [-0.1, -0.05) is 36.4 Å². The van der Waals surface area contributed by atoms with Crippen LogP contribution in [0.25, 0.3) is 11.0 Å². The van der Waals surface area contributed by atoms with Crippen molar-refractivity contribution in [3.05, 3.63) is 80.7 Å². The van der Waals surface area contributed by atoms with Crippen molar-refractivity contribution >= 4 is 11.0 Å². The first-order chi connectivity index (χ1) is 11.5. The van der Waals surface area contributed by atoms with Crippen LogP contribution in [0, 0.1) is 20.8 Å². The van der Waals surface area contributed by atoms with Gasteiger partial charge in [0.05, 0.1) is 7.05 Å². The largest absolute Gasteiger partial charge is 0.422 e. The lowest BCUT2D eigenvalue weighted by Crippen LogP contribution is -3.06. The van der Waals surface area contributed by atoms with Crippen LogP contribution in [-0.4, -0.2) is 7.05 Å². The molecule has 0 amide bonds. The summed E-state index contributed by atoms with van der Waals surface area (Å²) >= 11 is 0. The van der Waals surface area contributed by atoms with Gasteiger partial charge in [-0.15, -0.1) is 0 Å². The minimum absolute atomic E-state index is 0.269. The molecule has 3 rings (SSSR count). The second kappa shape index (κ2) is 6.62. The average molecular weight is 322 g/mol. The lowest BCUT2D eigenvalue weighted by molar-refractivity contribution is -0.907. The lowest BCUT2D eigenvalue weighted by Gasteiger charge is -2.17. The topological polar surface area (TPSA) is 34.7 Å². The van der Waals surface area contributed by atoms with E-state index in [-0.39, 0.29) is 5.63 Å². The summed E-state index contributed by atoms with van der Waals surface area (Å²) in [6, 6.07) is 14.3. The molecule has 124 valence electrons. The van der Waals surface area contributed by atoms with Gasteiger partial charge in [0.1, 0.15) is 18.7 Å². The molecule has 0 fully saturated rings. The van der Waals surface area contributed by atoms with Crippen LogP contribution in [0.1, 0.15) is 27.8 Å². The Balaban J connectivity index is 1.94. The van der Waals surface area contributed by atoms with Gasteiger partial charge < -0.3 is 9.32 Å². The maximum atomic E-state index is 12.0. The highest BCUT2D eigenvalue weighted by Gasteiger charge is 2.14. The summed E-state index contributed by atoms with van der Waals surface area (Å²) in [5.41, 5.74) is 6.34. The normalized spacial score (nSPS) is 12.5. The number of fused-ring (bicyclic) bond motifs is 1. The van der Waals surface area contributed by atoms with E-state index in [1.54, 1.807) is 6.07 Å². The standard InChI is InChI=1S/C21H23NO2/c1-14-9-10-19-18(11-20(23)24-21(19)16(14)3)13-22(4)12-17-8-6-5-7-15(17)2/h5-11H,12-13H2,1-4H3/p+1. The number of aryl methyl sites for hydroxylation is 3. The molecule has 24 heavy (non-hydrogen) atoms. The van der Waals surface area contributed by atoms with Crippen LogP contribution in [0.4, 0.5) is 0 Å². The molecule has 0 bridgehead atoms. The van der Waals surface area contributed by atoms with Crippen LogP contribution in [0.5, 0.6) is 0 Å². The van der Waals surface area contributed by atoms with Crippen molar-refractivity contribution in [1.29, 1.82) is 0 Å². The first-order valence-electron chi connectivity index (χ1n) is 8.34. The van der Waals surface area contributed by atoms with Gasteiger partial charge in [0.25, 0.3) is 0 Å². The molecule has 1 atom stereocenters. The summed E-state index contributed by atoms with van der Waals surface area (Å²) in [6.07, 6.45) is 0. The fraction of sp³-hybridized carbons (Fsp3) is 0.286. The predicted molar refractivity (Wildman–Crippen MR) is 97.4 cm³/mol. The van der Waals surface area contributed by atoms with E-state index in [4.69, 9.17) is 4.42 Å². The summed E-state index contributed by atoms with van der Waals surface area (Å²) in [5, 5.41) is 1.04. The third-order valence-corrected chi connectivity index (χ3v) is 4.76. The second-order valence-electron chi connectivity index (χ2n) is 6.71. The maximum absolute atomic E-state index is 12.0. The first-order valence-corrected chi connectivity index (χ1v) is 8.34. The Hall–Kier alpha value is -2.39. The van der Waals surface area contributed by atoms with Gasteiger partial charge in [-0.25, -0.2) is 4.79 Å². The van der Waals surface area contributed by atoms with Gasteiger partial charge in [-0.2, -0.15) is 0 Å². The van der Waals surface area contributed by atoms with Crippen molar-refractivity contribution in [2.24, 2.45) is 0 Å². The maximum Gasteiger partial charge on any atom is 0.336 e. The Labute approximate surface area is 142 Å². The SMILES string of the molecule is Cc1ccccc1C[NH+](C)Cc1cc(=O)oc2c(C)c(C)ccc12. The van der Waals surface area contributed by atoms with Crippen LogP contribution in [0.15, 0.2) is 51.7 Å². The number of nitrogens with one attached hydrogen (secondary N) is 1. The molecule has 0 saturated carbocycles. The predicted octanol–water partition coefficient (Wildman–Crippen LogP) is 2.93. The molecule has 1 N–H and O–H groups in total. The number of rotatable bonds is 4.